The fourth-order valence-electron chi connectivity index (χ4n) is 5.18. The molecule has 0 spiro atoms. The molecule has 0 aliphatic heterocycles. The highest BCUT2D eigenvalue weighted by Gasteiger charge is 2.71. The molecule has 3 fully saturated rings. The highest BCUT2D eigenvalue weighted by atomic mass is 16.3. The third-order valence-electron chi connectivity index (χ3n) is 6.32. The van der Waals surface area contributed by atoms with E-state index in [1.807, 2.05) is 6.92 Å². The molecule has 17 heavy (non-hydrogen) atoms. The number of rotatable bonds is 0. The number of aliphatic hydroxyl groups is 1. The van der Waals surface area contributed by atoms with Crippen LogP contribution in [0, 0.1) is 28.6 Å². The summed E-state index contributed by atoms with van der Waals surface area (Å²) >= 11 is 0. The smallest absolute Gasteiger partial charge is 0.139 e. The molecule has 0 aromatic rings. The predicted octanol–water partition coefficient (Wildman–Crippen LogP) is 2.79. The zero-order valence-electron chi connectivity index (χ0n) is 11.4. The quantitative estimate of drug-likeness (QED) is 0.702. The van der Waals surface area contributed by atoms with Gasteiger partial charge in [0.05, 0.1) is 5.60 Å². The second kappa shape index (κ2) is 2.96. The molecule has 0 aromatic heterocycles. The van der Waals surface area contributed by atoms with Crippen molar-refractivity contribution in [3.8, 4) is 0 Å². The lowest BCUT2D eigenvalue weighted by molar-refractivity contribution is -0.133. The summed E-state index contributed by atoms with van der Waals surface area (Å²) in [6, 6.07) is 0. The minimum absolute atomic E-state index is 0.185. The van der Waals surface area contributed by atoms with Crippen LogP contribution < -0.4 is 0 Å². The Bertz CT molecular complexity index is 382. The Morgan fingerprint density at radius 1 is 1.18 bits per heavy atom. The molecule has 2 heteroatoms. The largest absolute Gasteiger partial charge is 0.390 e. The first-order chi connectivity index (χ1) is 7.71. The number of Topliss-reactive ketones (excluding diaryl/α,β-unsaturated/α-hetero) is 1. The van der Waals surface area contributed by atoms with Gasteiger partial charge < -0.3 is 5.11 Å². The predicted molar refractivity (Wildman–Crippen MR) is 66.5 cm³/mol. The van der Waals surface area contributed by atoms with E-state index in [-0.39, 0.29) is 11.3 Å². The molecule has 0 saturated heterocycles. The molecule has 96 valence electrons. The number of fused-ring (bicyclic) bond motifs is 3. The molecule has 2 unspecified atom stereocenters. The summed E-state index contributed by atoms with van der Waals surface area (Å²) < 4.78 is 0. The van der Waals surface area contributed by atoms with Gasteiger partial charge in [0.1, 0.15) is 5.78 Å². The average Bonchev–Trinajstić information content (AvgIpc) is 2.67. The van der Waals surface area contributed by atoms with E-state index in [1.54, 1.807) is 0 Å². The number of carbonyl (C=O) groups is 1. The lowest BCUT2D eigenvalue weighted by Crippen LogP contribution is -2.42. The minimum Gasteiger partial charge on any atom is -0.390 e. The molecule has 0 bridgehead atoms. The summed E-state index contributed by atoms with van der Waals surface area (Å²) in [5.41, 5.74) is -0.552. The lowest BCUT2D eigenvalue weighted by atomic mass is 9.69. The summed E-state index contributed by atoms with van der Waals surface area (Å²) in [6.45, 7) is 8.69. The van der Waals surface area contributed by atoms with Crippen LogP contribution in [-0.4, -0.2) is 16.5 Å². The van der Waals surface area contributed by atoms with Crippen molar-refractivity contribution in [2.75, 3.05) is 0 Å². The third kappa shape index (κ3) is 1.28. The first-order valence-corrected chi connectivity index (χ1v) is 6.97. The molecule has 3 saturated carbocycles. The Kier molecular flexibility index (Phi) is 2.04. The molecule has 0 radical (unpaired) electrons. The normalized spacial score (nSPS) is 56.1. The maximum Gasteiger partial charge on any atom is 0.139 e. The van der Waals surface area contributed by atoms with Gasteiger partial charge >= 0.3 is 0 Å². The van der Waals surface area contributed by atoms with Crippen molar-refractivity contribution >= 4 is 5.78 Å². The summed E-state index contributed by atoms with van der Waals surface area (Å²) in [5, 5.41) is 10.7. The van der Waals surface area contributed by atoms with Crippen LogP contribution in [0.4, 0.5) is 0 Å². The molecule has 0 heterocycles. The molecular weight excluding hydrogens is 212 g/mol. The van der Waals surface area contributed by atoms with Crippen LogP contribution in [0.15, 0.2) is 0 Å². The molecule has 5 atom stereocenters. The van der Waals surface area contributed by atoms with Gasteiger partial charge in [0, 0.05) is 17.8 Å². The SMILES string of the molecule is CC1(C)C2CCC(=O)[C@@]3(C)CC[C@](C)(O)[C@H]3C21. The number of ketones is 1. The van der Waals surface area contributed by atoms with Gasteiger partial charge in [-0.1, -0.05) is 20.8 Å². The average molecular weight is 236 g/mol. The standard InChI is InChI=1S/C15H24O2/c1-13(2)9-5-6-10(16)14(3)7-8-15(4,17)12(14)11(9)13/h9,11-12,17H,5-8H2,1-4H3/t9?,11?,12-,14+,15-/m0/s1. The van der Waals surface area contributed by atoms with Gasteiger partial charge in [0.25, 0.3) is 0 Å². The van der Waals surface area contributed by atoms with Crippen LogP contribution in [0.2, 0.25) is 0 Å². The van der Waals surface area contributed by atoms with Crippen molar-refractivity contribution in [3.63, 3.8) is 0 Å². The monoisotopic (exact) mass is 236 g/mol. The Morgan fingerprint density at radius 2 is 1.82 bits per heavy atom. The number of hydrogen-bond acceptors (Lipinski definition) is 2. The molecule has 2 nitrogen and oxygen atoms in total. The molecule has 0 aromatic carbocycles. The highest BCUT2D eigenvalue weighted by Crippen LogP contribution is 2.72. The van der Waals surface area contributed by atoms with Crippen LogP contribution in [0.3, 0.4) is 0 Å². The molecular formula is C15H24O2. The van der Waals surface area contributed by atoms with E-state index in [9.17, 15) is 9.90 Å². The van der Waals surface area contributed by atoms with Gasteiger partial charge in [-0.3, -0.25) is 4.79 Å². The fraction of sp³-hybridized carbons (Fsp3) is 0.933. The van der Waals surface area contributed by atoms with E-state index in [1.165, 1.54) is 0 Å². The van der Waals surface area contributed by atoms with Crippen LogP contribution in [0.25, 0.3) is 0 Å². The molecule has 3 aliphatic rings. The maximum absolute atomic E-state index is 12.4. The lowest BCUT2D eigenvalue weighted by Gasteiger charge is -2.36. The van der Waals surface area contributed by atoms with E-state index < -0.39 is 5.60 Å². The second-order valence-electron chi connectivity index (χ2n) is 7.67. The molecule has 3 aliphatic carbocycles. The van der Waals surface area contributed by atoms with E-state index in [0.717, 1.165) is 25.7 Å². The number of hydrogen-bond donors (Lipinski definition) is 1. The van der Waals surface area contributed by atoms with E-state index >= 15 is 0 Å². The van der Waals surface area contributed by atoms with Gasteiger partial charge in [0.15, 0.2) is 0 Å². The topological polar surface area (TPSA) is 37.3 Å². The molecule has 1 N–H and O–H groups in total. The Labute approximate surface area is 104 Å². The van der Waals surface area contributed by atoms with Crippen molar-refractivity contribution in [1.82, 2.24) is 0 Å². The zero-order valence-corrected chi connectivity index (χ0v) is 11.4. The van der Waals surface area contributed by atoms with Crippen LogP contribution in [0.1, 0.15) is 53.4 Å². The van der Waals surface area contributed by atoms with Gasteiger partial charge in [-0.15, -0.1) is 0 Å². The van der Waals surface area contributed by atoms with Gasteiger partial charge in [-0.2, -0.15) is 0 Å². The highest BCUT2D eigenvalue weighted by molar-refractivity contribution is 5.86. The Hall–Kier alpha value is -0.370. The van der Waals surface area contributed by atoms with Gasteiger partial charge in [0.2, 0.25) is 0 Å². The van der Waals surface area contributed by atoms with Crippen LogP contribution in [0.5, 0.6) is 0 Å². The van der Waals surface area contributed by atoms with Crippen molar-refractivity contribution in [2.45, 2.75) is 59.0 Å². The summed E-state index contributed by atoms with van der Waals surface area (Å²) in [4.78, 5) is 12.4. The summed E-state index contributed by atoms with van der Waals surface area (Å²) in [6.07, 6.45) is 3.44. The molecule has 0 amide bonds. The number of carbonyl (C=O) groups excluding carboxylic acids is 1. The van der Waals surface area contributed by atoms with E-state index in [0.29, 0.717) is 23.0 Å². The van der Waals surface area contributed by atoms with Crippen molar-refractivity contribution in [1.29, 1.82) is 0 Å². The van der Waals surface area contributed by atoms with Crippen molar-refractivity contribution < 1.29 is 9.90 Å². The first kappa shape index (κ1) is 11.7. The minimum atomic E-state index is -0.633. The van der Waals surface area contributed by atoms with Crippen LogP contribution in [-0.2, 0) is 4.79 Å². The summed E-state index contributed by atoms with van der Waals surface area (Å²) in [5.74, 6) is 1.80. The second-order valence-corrected chi connectivity index (χ2v) is 7.67. The zero-order chi connectivity index (χ0) is 12.6. The van der Waals surface area contributed by atoms with E-state index in [2.05, 4.69) is 20.8 Å². The molecule has 3 rings (SSSR count). The fourth-order valence-corrected chi connectivity index (χ4v) is 5.18. The van der Waals surface area contributed by atoms with Crippen LogP contribution >= 0.6 is 0 Å². The summed E-state index contributed by atoms with van der Waals surface area (Å²) in [7, 11) is 0. The maximum atomic E-state index is 12.4. The Morgan fingerprint density at radius 3 is 2.47 bits per heavy atom. The Balaban J connectivity index is 2.06. The van der Waals surface area contributed by atoms with Gasteiger partial charge in [-0.05, 0) is 43.4 Å². The first-order valence-electron chi connectivity index (χ1n) is 6.97. The van der Waals surface area contributed by atoms with Crippen molar-refractivity contribution in [3.05, 3.63) is 0 Å². The van der Waals surface area contributed by atoms with Crippen molar-refractivity contribution in [2.24, 2.45) is 28.6 Å². The van der Waals surface area contributed by atoms with Gasteiger partial charge in [-0.25, -0.2) is 0 Å². The third-order valence-corrected chi connectivity index (χ3v) is 6.32. The van der Waals surface area contributed by atoms with E-state index in [4.69, 9.17) is 0 Å².